The highest BCUT2D eigenvalue weighted by Gasteiger charge is 2.21. The average Bonchev–Trinajstić information content (AvgIpc) is 2.99. The van der Waals surface area contributed by atoms with Crippen LogP contribution in [0.2, 0.25) is 0 Å². The van der Waals surface area contributed by atoms with E-state index in [-0.39, 0.29) is 22.8 Å². The molecular weight excluding hydrogens is 324 g/mol. The molecule has 0 unspecified atom stereocenters. The van der Waals surface area contributed by atoms with Gasteiger partial charge in [-0.05, 0) is 25.1 Å². The molecule has 1 aromatic heterocycles. The summed E-state index contributed by atoms with van der Waals surface area (Å²) >= 11 is 0. The third-order valence-electron chi connectivity index (χ3n) is 3.14. The van der Waals surface area contributed by atoms with Gasteiger partial charge in [0.2, 0.25) is 10.0 Å². The van der Waals surface area contributed by atoms with Crippen molar-refractivity contribution in [2.24, 2.45) is 0 Å². The molecule has 0 fully saturated rings. The van der Waals surface area contributed by atoms with E-state index in [0.29, 0.717) is 12.2 Å². The number of methoxy groups -OCH3 is 1. The molecule has 0 aliphatic carbocycles. The molecule has 0 atom stereocenters. The largest absolute Gasteiger partial charge is 0.495 e. The Morgan fingerprint density at radius 3 is 2.78 bits per heavy atom. The second-order valence-corrected chi connectivity index (χ2v) is 6.27. The number of nitrogens with zero attached hydrogens (tertiary/aromatic N) is 3. The first-order valence-electron chi connectivity index (χ1n) is 6.67. The van der Waals surface area contributed by atoms with Crippen LogP contribution in [0.3, 0.4) is 0 Å². The minimum Gasteiger partial charge on any atom is -0.495 e. The normalized spacial score (nSPS) is 11.4. The first-order chi connectivity index (χ1) is 10.9. The van der Waals surface area contributed by atoms with Crippen LogP contribution in [0.1, 0.15) is 23.0 Å². The third-order valence-corrected chi connectivity index (χ3v) is 4.58. The predicted octanol–water partition coefficient (Wildman–Crippen LogP) is 0.483. The Morgan fingerprint density at radius 1 is 1.43 bits per heavy atom. The zero-order valence-electron chi connectivity index (χ0n) is 12.6. The number of nitrogens with one attached hydrogen (secondary N) is 1. The van der Waals surface area contributed by atoms with Crippen LogP contribution >= 0.6 is 0 Å². The van der Waals surface area contributed by atoms with E-state index in [1.165, 1.54) is 25.4 Å². The summed E-state index contributed by atoms with van der Waals surface area (Å²) in [5.41, 5.74) is 0.547. The van der Waals surface area contributed by atoms with Crippen molar-refractivity contribution in [3.8, 4) is 5.75 Å². The van der Waals surface area contributed by atoms with Crippen LogP contribution in [0.5, 0.6) is 5.75 Å². The summed E-state index contributed by atoms with van der Waals surface area (Å²) in [6, 6.07) is 3.56. The van der Waals surface area contributed by atoms with E-state index < -0.39 is 16.0 Å². The molecule has 2 rings (SSSR count). The molecule has 9 nitrogen and oxygen atoms in total. The van der Waals surface area contributed by atoms with Crippen LogP contribution < -0.4 is 9.46 Å². The molecule has 23 heavy (non-hydrogen) atoms. The Balaban J connectivity index is 2.27. The molecule has 2 aromatic rings. The fraction of sp³-hybridized carbons (Fsp3) is 0.308. The molecule has 2 N–H and O–H groups in total. The van der Waals surface area contributed by atoms with Crippen LogP contribution in [0.25, 0.3) is 0 Å². The highest BCUT2D eigenvalue weighted by atomic mass is 32.2. The van der Waals surface area contributed by atoms with Crippen molar-refractivity contribution >= 4 is 16.0 Å². The Morgan fingerprint density at radius 2 is 2.17 bits per heavy atom. The first-order valence-corrected chi connectivity index (χ1v) is 8.15. The Kier molecular flexibility index (Phi) is 4.96. The number of aromatic nitrogens is 3. The molecule has 0 radical (unpaired) electrons. The SMILES string of the molecule is CCn1nncc1CNS(=O)(=O)c1ccc(C(=O)O)cc1OC. The van der Waals surface area contributed by atoms with Crippen molar-refractivity contribution in [3.05, 3.63) is 35.7 Å². The molecule has 0 aliphatic rings. The van der Waals surface area contributed by atoms with Gasteiger partial charge in [0.05, 0.1) is 31.1 Å². The topological polar surface area (TPSA) is 123 Å². The number of ether oxygens (including phenoxy) is 1. The lowest BCUT2D eigenvalue weighted by Crippen LogP contribution is -2.25. The molecule has 124 valence electrons. The van der Waals surface area contributed by atoms with E-state index in [1.54, 1.807) is 4.68 Å². The summed E-state index contributed by atoms with van der Waals surface area (Å²) in [6.07, 6.45) is 1.47. The molecule has 1 heterocycles. The molecule has 0 saturated carbocycles. The molecule has 0 amide bonds. The van der Waals surface area contributed by atoms with Crippen LogP contribution in [-0.4, -0.2) is 41.6 Å². The van der Waals surface area contributed by atoms with Crippen LogP contribution in [0.4, 0.5) is 0 Å². The number of carboxylic acid groups (broad SMARTS) is 1. The Labute approximate surface area is 132 Å². The number of aryl methyl sites for hydroxylation is 1. The van der Waals surface area contributed by atoms with E-state index in [2.05, 4.69) is 15.0 Å². The summed E-state index contributed by atoms with van der Waals surface area (Å²) in [5, 5.41) is 16.5. The van der Waals surface area contributed by atoms with Gasteiger partial charge in [0, 0.05) is 6.54 Å². The van der Waals surface area contributed by atoms with Crippen molar-refractivity contribution in [2.45, 2.75) is 24.9 Å². The lowest BCUT2D eigenvalue weighted by Gasteiger charge is -2.11. The van der Waals surface area contributed by atoms with Crippen LogP contribution in [0, 0.1) is 0 Å². The smallest absolute Gasteiger partial charge is 0.335 e. The zero-order chi connectivity index (χ0) is 17.0. The van der Waals surface area contributed by atoms with Gasteiger partial charge < -0.3 is 9.84 Å². The van der Waals surface area contributed by atoms with Crippen molar-refractivity contribution < 1.29 is 23.1 Å². The number of benzene rings is 1. The van der Waals surface area contributed by atoms with E-state index >= 15 is 0 Å². The number of rotatable bonds is 7. The van der Waals surface area contributed by atoms with E-state index in [0.717, 1.165) is 6.07 Å². The summed E-state index contributed by atoms with van der Waals surface area (Å²) in [7, 11) is -2.61. The fourth-order valence-electron chi connectivity index (χ4n) is 1.95. The van der Waals surface area contributed by atoms with E-state index in [4.69, 9.17) is 9.84 Å². The van der Waals surface area contributed by atoms with Gasteiger partial charge in [0.25, 0.3) is 0 Å². The van der Waals surface area contributed by atoms with Crippen molar-refractivity contribution in [1.82, 2.24) is 19.7 Å². The molecular formula is C13H16N4O5S. The van der Waals surface area contributed by atoms with Gasteiger partial charge >= 0.3 is 5.97 Å². The highest BCUT2D eigenvalue weighted by molar-refractivity contribution is 7.89. The van der Waals surface area contributed by atoms with Crippen molar-refractivity contribution in [3.63, 3.8) is 0 Å². The molecule has 10 heteroatoms. The van der Waals surface area contributed by atoms with Gasteiger partial charge in [-0.15, -0.1) is 5.10 Å². The van der Waals surface area contributed by atoms with Gasteiger partial charge in [0.1, 0.15) is 10.6 Å². The van der Waals surface area contributed by atoms with Gasteiger partial charge in [-0.2, -0.15) is 0 Å². The highest BCUT2D eigenvalue weighted by Crippen LogP contribution is 2.25. The standard InChI is InChI=1S/C13H16N4O5S/c1-3-17-10(7-14-16-17)8-15-23(20,21)12-5-4-9(13(18)19)6-11(12)22-2/h4-7,15H,3,8H2,1-2H3,(H,18,19). The molecule has 0 spiro atoms. The molecule has 0 bridgehead atoms. The monoisotopic (exact) mass is 340 g/mol. The van der Waals surface area contributed by atoms with Gasteiger partial charge in [0.15, 0.2) is 0 Å². The summed E-state index contributed by atoms with van der Waals surface area (Å²) in [4.78, 5) is 10.8. The number of carbonyl (C=O) groups is 1. The van der Waals surface area contributed by atoms with Crippen LogP contribution in [0.15, 0.2) is 29.3 Å². The van der Waals surface area contributed by atoms with Gasteiger partial charge in [-0.3, -0.25) is 0 Å². The lowest BCUT2D eigenvalue weighted by molar-refractivity contribution is 0.0696. The van der Waals surface area contributed by atoms with Gasteiger partial charge in [-0.1, -0.05) is 5.21 Å². The second kappa shape index (κ2) is 6.75. The third kappa shape index (κ3) is 3.66. The number of carboxylic acids is 1. The number of aromatic carboxylic acids is 1. The lowest BCUT2D eigenvalue weighted by atomic mass is 10.2. The predicted molar refractivity (Wildman–Crippen MR) is 79.7 cm³/mol. The van der Waals surface area contributed by atoms with E-state index in [9.17, 15) is 13.2 Å². The molecule has 0 saturated heterocycles. The maximum Gasteiger partial charge on any atom is 0.335 e. The summed E-state index contributed by atoms with van der Waals surface area (Å²) in [6.45, 7) is 2.43. The number of sulfonamides is 1. The zero-order valence-corrected chi connectivity index (χ0v) is 13.4. The number of hydrogen-bond donors (Lipinski definition) is 2. The minimum absolute atomic E-state index is 0.00695. The van der Waals surface area contributed by atoms with Crippen molar-refractivity contribution in [1.29, 1.82) is 0 Å². The molecule has 1 aromatic carbocycles. The average molecular weight is 340 g/mol. The maximum atomic E-state index is 12.4. The summed E-state index contributed by atoms with van der Waals surface area (Å²) in [5.74, 6) is -1.21. The van der Waals surface area contributed by atoms with Gasteiger partial charge in [-0.25, -0.2) is 22.6 Å². The Hall–Kier alpha value is -2.46. The maximum absolute atomic E-state index is 12.4. The van der Waals surface area contributed by atoms with E-state index in [1.807, 2.05) is 6.92 Å². The fourth-order valence-corrected chi connectivity index (χ4v) is 3.10. The second-order valence-electron chi connectivity index (χ2n) is 4.54. The molecule has 0 aliphatic heterocycles. The van der Waals surface area contributed by atoms with Crippen molar-refractivity contribution in [2.75, 3.05) is 7.11 Å². The minimum atomic E-state index is -3.88. The quantitative estimate of drug-likeness (QED) is 0.751. The first kappa shape index (κ1) is 16.9. The number of hydrogen-bond acceptors (Lipinski definition) is 6. The Bertz CT molecular complexity index is 816. The summed E-state index contributed by atoms with van der Waals surface area (Å²) < 4.78 is 33.8. The van der Waals surface area contributed by atoms with Crippen LogP contribution in [-0.2, 0) is 23.1 Å².